The van der Waals surface area contributed by atoms with Crippen molar-refractivity contribution in [3.63, 3.8) is 0 Å². The van der Waals surface area contributed by atoms with E-state index in [0.717, 1.165) is 0 Å². The van der Waals surface area contributed by atoms with Crippen LogP contribution in [0.15, 0.2) is 42.5 Å². The van der Waals surface area contributed by atoms with Crippen molar-refractivity contribution in [2.75, 3.05) is 6.61 Å². The average molecular weight is 298 g/mol. The van der Waals surface area contributed by atoms with Gasteiger partial charge in [0.05, 0.1) is 12.2 Å². The van der Waals surface area contributed by atoms with Crippen molar-refractivity contribution in [3.05, 3.63) is 59.2 Å². The van der Waals surface area contributed by atoms with E-state index in [1.54, 1.807) is 24.3 Å². The second-order valence-electron chi connectivity index (χ2n) is 6.27. The molecule has 3 nitrogen and oxygen atoms in total. The summed E-state index contributed by atoms with van der Waals surface area (Å²) in [7, 11) is 0. The van der Waals surface area contributed by atoms with Crippen LogP contribution < -0.4 is 4.74 Å². The number of ether oxygens (including phenoxy) is 1. The molecule has 0 heterocycles. The van der Waals surface area contributed by atoms with E-state index in [1.807, 2.05) is 19.1 Å². The van der Waals surface area contributed by atoms with E-state index in [0.29, 0.717) is 17.9 Å². The van der Waals surface area contributed by atoms with E-state index in [-0.39, 0.29) is 22.5 Å². The first-order chi connectivity index (χ1) is 10.3. The average Bonchev–Trinajstić information content (AvgIpc) is 2.46. The van der Waals surface area contributed by atoms with Gasteiger partial charge in [-0.25, -0.2) is 0 Å². The van der Waals surface area contributed by atoms with Gasteiger partial charge in [-0.05, 0) is 30.0 Å². The number of rotatable bonds is 4. The fourth-order valence-electron chi connectivity index (χ4n) is 2.24. The summed E-state index contributed by atoms with van der Waals surface area (Å²) in [5.41, 5.74) is 2.06. The Bertz CT molecular complexity index is 664. The topological polar surface area (TPSA) is 46.5 Å². The number of phenolic OH excluding ortho intramolecular Hbond substituents is 1. The van der Waals surface area contributed by atoms with Gasteiger partial charge in [0.15, 0.2) is 5.78 Å². The van der Waals surface area contributed by atoms with Crippen molar-refractivity contribution in [1.82, 2.24) is 0 Å². The van der Waals surface area contributed by atoms with Crippen LogP contribution in [0, 0.1) is 0 Å². The molecular weight excluding hydrogens is 276 g/mol. The molecule has 0 spiro atoms. The van der Waals surface area contributed by atoms with Crippen LogP contribution in [0.5, 0.6) is 11.5 Å². The Hall–Kier alpha value is -2.29. The molecule has 0 amide bonds. The number of aromatic hydroxyl groups is 1. The molecule has 2 aromatic carbocycles. The lowest BCUT2D eigenvalue weighted by molar-refractivity contribution is 0.103. The number of carbonyl (C=O) groups is 1. The summed E-state index contributed by atoms with van der Waals surface area (Å²) in [6, 6.07) is 12.3. The number of hydrogen-bond acceptors (Lipinski definition) is 3. The summed E-state index contributed by atoms with van der Waals surface area (Å²) in [4.78, 5) is 12.5. The quantitative estimate of drug-likeness (QED) is 0.855. The molecule has 0 atom stereocenters. The van der Waals surface area contributed by atoms with E-state index in [4.69, 9.17) is 4.74 Å². The van der Waals surface area contributed by atoms with Gasteiger partial charge in [0.1, 0.15) is 11.5 Å². The minimum atomic E-state index is -0.194. The molecule has 0 aliphatic carbocycles. The smallest absolute Gasteiger partial charge is 0.196 e. The van der Waals surface area contributed by atoms with E-state index >= 15 is 0 Å². The van der Waals surface area contributed by atoms with Gasteiger partial charge in [-0.3, -0.25) is 4.79 Å². The molecule has 1 N–H and O–H groups in total. The SMILES string of the molecule is CCOc1ccc(C(=O)c2ccc(C(C)(C)C)cc2)c(O)c1. The van der Waals surface area contributed by atoms with Gasteiger partial charge in [0.2, 0.25) is 0 Å². The Labute approximate surface area is 131 Å². The number of hydrogen-bond donors (Lipinski definition) is 1. The molecule has 0 saturated carbocycles. The monoisotopic (exact) mass is 298 g/mol. The van der Waals surface area contributed by atoms with Gasteiger partial charge in [-0.2, -0.15) is 0 Å². The molecular formula is C19H22O3. The zero-order valence-corrected chi connectivity index (χ0v) is 13.5. The van der Waals surface area contributed by atoms with Gasteiger partial charge < -0.3 is 9.84 Å². The maximum absolute atomic E-state index is 12.5. The van der Waals surface area contributed by atoms with Crippen molar-refractivity contribution in [2.45, 2.75) is 33.1 Å². The van der Waals surface area contributed by atoms with Gasteiger partial charge in [-0.1, -0.05) is 45.0 Å². The van der Waals surface area contributed by atoms with Gasteiger partial charge in [0, 0.05) is 11.6 Å². The van der Waals surface area contributed by atoms with Crippen molar-refractivity contribution in [1.29, 1.82) is 0 Å². The molecule has 116 valence electrons. The van der Waals surface area contributed by atoms with Crippen LogP contribution in [-0.2, 0) is 5.41 Å². The first kappa shape index (κ1) is 16.1. The molecule has 0 saturated heterocycles. The van der Waals surface area contributed by atoms with Crippen molar-refractivity contribution < 1.29 is 14.6 Å². The first-order valence-corrected chi connectivity index (χ1v) is 7.44. The summed E-state index contributed by atoms with van der Waals surface area (Å²) >= 11 is 0. The number of benzene rings is 2. The van der Waals surface area contributed by atoms with Crippen molar-refractivity contribution >= 4 is 5.78 Å². The fraction of sp³-hybridized carbons (Fsp3) is 0.316. The lowest BCUT2D eigenvalue weighted by Gasteiger charge is -2.19. The number of carbonyl (C=O) groups excluding carboxylic acids is 1. The first-order valence-electron chi connectivity index (χ1n) is 7.44. The highest BCUT2D eigenvalue weighted by Gasteiger charge is 2.17. The molecule has 22 heavy (non-hydrogen) atoms. The van der Waals surface area contributed by atoms with Crippen LogP contribution in [0.25, 0.3) is 0 Å². The van der Waals surface area contributed by atoms with Crippen LogP contribution >= 0.6 is 0 Å². The largest absolute Gasteiger partial charge is 0.507 e. The van der Waals surface area contributed by atoms with Gasteiger partial charge in [-0.15, -0.1) is 0 Å². The normalized spacial score (nSPS) is 11.3. The Morgan fingerprint density at radius 1 is 1.09 bits per heavy atom. The highest BCUT2D eigenvalue weighted by molar-refractivity contribution is 6.10. The molecule has 2 aromatic rings. The molecule has 0 bridgehead atoms. The number of phenols is 1. The van der Waals surface area contributed by atoms with Crippen LogP contribution in [-0.4, -0.2) is 17.5 Å². The maximum atomic E-state index is 12.5. The minimum Gasteiger partial charge on any atom is -0.507 e. The predicted octanol–water partition coefficient (Wildman–Crippen LogP) is 4.32. The Balaban J connectivity index is 2.28. The van der Waals surface area contributed by atoms with E-state index < -0.39 is 0 Å². The maximum Gasteiger partial charge on any atom is 0.196 e. The molecule has 0 fully saturated rings. The molecule has 0 aliphatic rings. The molecule has 0 unspecified atom stereocenters. The molecule has 3 heteroatoms. The third kappa shape index (κ3) is 3.48. The molecule has 0 aromatic heterocycles. The summed E-state index contributed by atoms with van der Waals surface area (Å²) < 4.78 is 5.31. The second kappa shape index (κ2) is 6.22. The van der Waals surface area contributed by atoms with E-state index in [2.05, 4.69) is 20.8 Å². The third-order valence-electron chi connectivity index (χ3n) is 3.54. The van der Waals surface area contributed by atoms with E-state index in [9.17, 15) is 9.90 Å². The zero-order chi connectivity index (χ0) is 16.3. The van der Waals surface area contributed by atoms with Crippen LogP contribution in [0.1, 0.15) is 49.2 Å². The lowest BCUT2D eigenvalue weighted by atomic mass is 9.86. The molecule has 2 rings (SSSR count). The van der Waals surface area contributed by atoms with Gasteiger partial charge >= 0.3 is 0 Å². The Kier molecular flexibility index (Phi) is 4.55. The predicted molar refractivity (Wildman–Crippen MR) is 87.9 cm³/mol. The Morgan fingerprint density at radius 2 is 1.73 bits per heavy atom. The fourth-order valence-corrected chi connectivity index (χ4v) is 2.24. The molecule has 0 radical (unpaired) electrons. The highest BCUT2D eigenvalue weighted by atomic mass is 16.5. The third-order valence-corrected chi connectivity index (χ3v) is 3.54. The zero-order valence-electron chi connectivity index (χ0n) is 13.5. The van der Waals surface area contributed by atoms with Crippen LogP contribution in [0.4, 0.5) is 0 Å². The van der Waals surface area contributed by atoms with Crippen molar-refractivity contribution in [2.24, 2.45) is 0 Å². The highest BCUT2D eigenvalue weighted by Crippen LogP contribution is 2.27. The number of ketones is 1. The summed E-state index contributed by atoms with van der Waals surface area (Å²) in [5.74, 6) is 0.302. The van der Waals surface area contributed by atoms with Crippen LogP contribution in [0.3, 0.4) is 0 Å². The molecule has 0 aliphatic heterocycles. The standard InChI is InChI=1S/C19H22O3/c1-5-22-15-10-11-16(17(20)12-15)18(21)13-6-8-14(9-7-13)19(2,3)4/h6-12,20H,5H2,1-4H3. The minimum absolute atomic E-state index is 0.0445. The Morgan fingerprint density at radius 3 is 2.23 bits per heavy atom. The lowest BCUT2D eigenvalue weighted by Crippen LogP contribution is -2.11. The van der Waals surface area contributed by atoms with Crippen LogP contribution in [0.2, 0.25) is 0 Å². The summed E-state index contributed by atoms with van der Waals surface area (Å²) in [6.45, 7) is 8.76. The van der Waals surface area contributed by atoms with Crippen molar-refractivity contribution in [3.8, 4) is 11.5 Å². The second-order valence-corrected chi connectivity index (χ2v) is 6.27. The summed E-state index contributed by atoms with van der Waals surface area (Å²) in [6.07, 6.45) is 0. The summed E-state index contributed by atoms with van der Waals surface area (Å²) in [5, 5.41) is 10.0. The van der Waals surface area contributed by atoms with Gasteiger partial charge in [0.25, 0.3) is 0 Å². The van der Waals surface area contributed by atoms with E-state index in [1.165, 1.54) is 11.6 Å².